The van der Waals surface area contributed by atoms with Gasteiger partial charge in [-0.15, -0.1) is 5.10 Å². The Morgan fingerprint density at radius 1 is 1.24 bits per heavy atom. The lowest BCUT2D eigenvalue weighted by Crippen LogP contribution is -2.23. The zero-order chi connectivity index (χ0) is 18.0. The van der Waals surface area contributed by atoms with Crippen LogP contribution in [0.1, 0.15) is 37.3 Å². The summed E-state index contributed by atoms with van der Waals surface area (Å²) in [7, 11) is 1.41. The van der Waals surface area contributed by atoms with Crippen molar-refractivity contribution in [2.75, 3.05) is 12.8 Å². The first-order valence-electron chi connectivity index (χ1n) is 8.16. The third kappa shape index (κ3) is 3.74. The predicted molar refractivity (Wildman–Crippen MR) is 93.6 cm³/mol. The number of hydrogen-bond acceptors (Lipinski definition) is 5. The molecule has 1 fully saturated rings. The van der Waals surface area contributed by atoms with Crippen molar-refractivity contribution in [2.45, 2.75) is 31.6 Å². The van der Waals surface area contributed by atoms with Crippen LogP contribution in [0.4, 0.5) is 10.1 Å². The molecular weight excluding hydrogens is 345 g/mol. The summed E-state index contributed by atoms with van der Waals surface area (Å²) in [5.41, 5.74) is 7.95. The molecule has 0 amide bonds. The molecule has 0 radical (unpaired) electrons. The van der Waals surface area contributed by atoms with Crippen molar-refractivity contribution in [3.63, 3.8) is 0 Å². The molecule has 2 N–H and O–H groups in total. The first-order chi connectivity index (χ1) is 12.0. The molecule has 0 bridgehead atoms. The highest BCUT2D eigenvalue weighted by Gasteiger charge is 2.29. The third-order valence-electron chi connectivity index (χ3n) is 4.71. The van der Waals surface area contributed by atoms with Gasteiger partial charge < -0.3 is 10.5 Å². The van der Waals surface area contributed by atoms with Gasteiger partial charge in [0.2, 0.25) is 0 Å². The molecule has 25 heavy (non-hydrogen) atoms. The quantitative estimate of drug-likeness (QED) is 0.835. The Bertz CT molecular complexity index is 792. The Hall–Kier alpha value is -2.21. The van der Waals surface area contributed by atoms with E-state index in [1.54, 1.807) is 6.07 Å². The van der Waals surface area contributed by atoms with Gasteiger partial charge in [-0.25, -0.2) is 4.39 Å². The molecule has 2 aromatic rings. The van der Waals surface area contributed by atoms with Crippen LogP contribution in [0, 0.1) is 11.7 Å². The maximum absolute atomic E-state index is 14.0. The van der Waals surface area contributed by atoms with Crippen LogP contribution >= 0.6 is 11.6 Å². The Balaban J connectivity index is 1.79. The lowest BCUT2D eigenvalue weighted by Gasteiger charge is -2.26. The van der Waals surface area contributed by atoms with E-state index in [9.17, 15) is 9.18 Å². The number of ether oxygens (including phenoxy) is 1. The third-order valence-corrected chi connectivity index (χ3v) is 4.94. The van der Waals surface area contributed by atoms with Crippen LogP contribution < -0.4 is 5.73 Å². The molecule has 0 aliphatic heterocycles. The van der Waals surface area contributed by atoms with Crippen molar-refractivity contribution in [3.8, 4) is 11.3 Å². The second-order valence-corrected chi connectivity index (χ2v) is 6.70. The van der Waals surface area contributed by atoms with E-state index in [2.05, 4.69) is 10.2 Å². The first kappa shape index (κ1) is 17.6. The van der Waals surface area contributed by atoms with E-state index < -0.39 is 5.82 Å². The standard InChI is InChI=1S/C18H19ClFN3O2/c1-25-18(24)11-4-2-10(3-5-11)17-15(21)9-16(22-23-17)13-8-12(19)6-7-14(13)20/h6-11H,2-5H2,1H3,(H2,21,22). The second-order valence-electron chi connectivity index (χ2n) is 6.27. The smallest absolute Gasteiger partial charge is 0.308 e. The number of halogens is 2. The highest BCUT2D eigenvalue weighted by atomic mass is 35.5. The van der Waals surface area contributed by atoms with Gasteiger partial charge in [0.15, 0.2) is 0 Å². The Morgan fingerprint density at radius 3 is 2.60 bits per heavy atom. The van der Waals surface area contributed by atoms with Crippen LogP contribution in [0.5, 0.6) is 0 Å². The number of esters is 1. The zero-order valence-corrected chi connectivity index (χ0v) is 14.6. The fourth-order valence-corrected chi connectivity index (χ4v) is 3.50. The molecule has 1 aliphatic rings. The molecule has 0 unspecified atom stereocenters. The van der Waals surface area contributed by atoms with Crippen molar-refractivity contribution in [3.05, 3.63) is 40.8 Å². The number of hydrogen-bond donors (Lipinski definition) is 1. The van der Waals surface area contributed by atoms with Crippen molar-refractivity contribution < 1.29 is 13.9 Å². The monoisotopic (exact) mass is 363 g/mol. The fourth-order valence-electron chi connectivity index (χ4n) is 3.33. The normalized spacial score (nSPS) is 20.3. The van der Waals surface area contributed by atoms with E-state index in [1.165, 1.54) is 25.3 Å². The van der Waals surface area contributed by atoms with E-state index >= 15 is 0 Å². The molecular formula is C18H19ClFN3O2. The topological polar surface area (TPSA) is 78.1 Å². The second kappa shape index (κ2) is 7.35. The average Bonchev–Trinajstić information content (AvgIpc) is 2.63. The van der Waals surface area contributed by atoms with Gasteiger partial charge in [0.1, 0.15) is 5.82 Å². The largest absolute Gasteiger partial charge is 0.469 e. The van der Waals surface area contributed by atoms with Crippen molar-refractivity contribution in [1.29, 1.82) is 0 Å². The minimum absolute atomic E-state index is 0.0599. The molecule has 7 heteroatoms. The van der Waals surface area contributed by atoms with Crippen LogP contribution in [0.25, 0.3) is 11.3 Å². The van der Waals surface area contributed by atoms with Crippen molar-refractivity contribution >= 4 is 23.3 Å². The highest BCUT2D eigenvalue weighted by Crippen LogP contribution is 2.38. The highest BCUT2D eigenvalue weighted by molar-refractivity contribution is 6.30. The molecule has 0 atom stereocenters. The lowest BCUT2D eigenvalue weighted by molar-refractivity contribution is -0.146. The molecule has 1 aliphatic carbocycles. The number of carbonyl (C=O) groups excluding carboxylic acids is 1. The van der Waals surface area contributed by atoms with Crippen LogP contribution in [0.3, 0.4) is 0 Å². The van der Waals surface area contributed by atoms with Crippen LogP contribution in [-0.4, -0.2) is 23.3 Å². The first-order valence-corrected chi connectivity index (χ1v) is 8.53. The number of nitrogen functional groups attached to an aromatic ring is 1. The number of benzene rings is 1. The summed E-state index contributed by atoms with van der Waals surface area (Å²) in [6.45, 7) is 0. The minimum Gasteiger partial charge on any atom is -0.469 e. The maximum atomic E-state index is 14.0. The molecule has 0 saturated heterocycles. The number of rotatable bonds is 3. The van der Waals surface area contributed by atoms with Gasteiger partial charge in [-0.05, 0) is 49.9 Å². The summed E-state index contributed by atoms with van der Waals surface area (Å²) in [4.78, 5) is 11.6. The SMILES string of the molecule is COC(=O)C1CCC(c2nnc(-c3cc(Cl)ccc3F)cc2N)CC1. The Kier molecular flexibility index (Phi) is 5.18. The molecule has 1 saturated carbocycles. The number of nitrogens with zero attached hydrogens (tertiary/aromatic N) is 2. The van der Waals surface area contributed by atoms with Gasteiger partial charge in [-0.2, -0.15) is 5.10 Å². The van der Waals surface area contributed by atoms with Crippen molar-refractivity contribution in [1.82, 2.24) is 10.2 Å². The van der Waals surface area contributed by atoms with E-state index in [1.807, 2.05) is 0 Å². The van der Waals surface area contributed by atoms with Crippen molar-refractivity contribution in [2.24, 2.45) is 5.92 Å². The molecule has 3 rings (SSSR count). The molecule has 132 valence electrons. The summed E-state index contributed by atoms with van der Waals surface area (Å²) >= 11 is 5.93. The lowest BCUT2D eigenvalue weighted by atomic mass is 9.80. The van der Waals surface area contributed by atoms with E-state index in [0.717, 1.165) is 25.7 Å². The van der Waals surface area contributed by atoms with Gasteiger partial charge in [-0.3, -0.25) is 4.79 Å². The number of aromatic nitrogens is 2. The minimum atomic E-state index is -0.426. The zero-order valence-electron chi connectivity index (χ0n) is 13.8. The van der Waals surface area contributed by atoms with Gasteiger partial charge in [0, 0.05) is 16.5 Å². The predicted octanol–water partition coefficient (Wildman–Crippen LogP) is 3.97. The summed E-state index contributed by atoms with van der Waals surface area (Å²) in [5, 5.41) is 8.79. The molecule has 0 spiro atoms. The molecule has 1 aromatic heterocycles. The molecule has 5 nitrogen and oxygen atoms in total. The van der Waals surface area contributed by atoms with Crippen LogP contribution in [0.15, 0.2) is 24.3 Å². The van der Waals surface area contributed by atoms with E-state index in [4.69, 9.17) is 22.1 Å². The van der Waals surface area contributed by atoms with E-state index in [0.29, 0.717) is 22.1 Å². The van der Waals surface area contributed by atoms with Crippen LogP contribution in [-0.2, 0) is 9.53 Å². The molecule has 1 aromatic carbocycles. The Labute approximate surface area is 150 Å². The summed E-state index contributed by atoms with van der Waals surface area (Å²) < 4.78 is 18.8. The average molecular weight is 364 g/mol. The summed E-state index contributed by atoms with van der Waals surface area (Å²) in [5.74, 6) is -0.504. The maximum Gasteiger partial charge on any atom is 0.308 e. The van der Waals surface area contributed by atoms with Crippen LogP contribution in [0.2, 0.25) is 5.02 Å². The van der Waals surface area contributed by atoms with E-state index in [-0.39, 0.29) is 23.4 Å². The van der Waals surface area contributed by atoms with Gasteiger partial charge >= 0.3 is 5.97 Å². The molecule has 1 heterocycles. The summed E-state index contributed by atoms with van der Waals surface area (Å²) in [6.07, 6.45) is 3.07. The van der Waals surface area contributed by atoms with Gasteiger partial charge in [0.05, 0.1) is 30.1 Å². The fraction of sp³-hybridized carbons (Fsp3) is 0.389. The number of methoxy groups -OCH3 is 1. The van der Waals surface area contributed by atoms with Gasteiger partial charge in [-0.1, -0.05) is 11.6 Å². The number of nitrogens with two attached hydrogens (primary N) is 1. The van der Waals surface area contributed by atoms with Gasteiger partial charge in [0.25, 0.3) is 0 Å². The Morgan fingerprint density at radius 2 is 1.96 bits per heavy atom. The summed E-state index contributed by atoms with van der Waals surface area (Å²) in [6, 6.07) is 5.90. The number of carbonyl (C=O) groups is 1. The number of anilines is 1.